The van der Waals surface area contributed by atoms with Crippen molar-refractivity contribution >= 4 is 11.9 Å². The van der Waals surface area contributed by atoms with Gasteiger partial charge in [0.2, 0.25) is 6.10 Å². The fourth-order valence-electron chi connectivity index (χ4n) is 1.88. The molecule has 0 radical (unpaired) electrons. The first-order valence-electron chi connectivity index (χ1n) is 7.04. The van der Waals surface area contributed by atoms with Crippen molar-refractivity contribution in [2.45, 2.75) is 32.8 Å². The maximum Gasteiger partial charge on any atom is 0.352 e. The SMILES string of the molecule is C=CC[C@H](C)CCOC(=O)[C@@H](OC(C)=O)c1ccccc1. The van der Waals surface area contributed by atoms with Crippen molar-refractivity contribution in [3.8, 4) is 0 Å². The molecule has 2 atom stereocenters. The molecule has 0 unspecified atom stereocenters. The first-order chi connectivity index (χ1) is 10.0. The van der Waals surface area contributed by atoms with Gasteiger partial charge < -0.3 is 9.47 Å². The number of carbonyl (C=O) groups is 2. The number of allylic oxidation sites excluding steroid dienone is 1. The maximum atomic E-state index is 12.1. The van der Waals surface area contributed by atoms with Gasteiger partial charge in [-0.15, -0.1) is 6.58 Å². The van der Waals surface area contributed by atoms with Crippen LogP contribution >= 0.6 is 0 Å². The fraction of sp³-hybridized carbons (Fsp3) is 0.412. The molecule has 0 amide bonds. The molecule has 4 heteroatoms. The van der Waals surface area contributed by atoms with Gasteiger partial charge in [-0.3, -0.25) is 4.79 Å². The molecule has 1 aromatic rings. The average Bonchev–Trinajstić information content (AvgIpc) is 2.45. The lowest BCUT2D eigenvalue weighted by molar-refractivity contribution is -0.167. The van der Waals surface area contributed by atoms with E-state index in [1.807, 2.05) is 12.1 Å². The van der Waals surface area contributed by atoms with E-state index >= 15 is 0 Å². The highest BCUT2D eigenvalue weighted by Gasteiger charge is 2.25. The molecule has 0 N–H and O–H groups in total. The predicted octanol–water partition coefficient (Wildman–Crippen LogP) is 3.44. The summed E-state index contributed by atoms with van der Waals surface area (Å²) in [6, 6.07) is 8.86. The molecular weight excluding hydrogens is 268 g/mol. The minimum atomic E-state index is -1.00. The van der Waals surface area contributed by atoms with Crippen molar-refractivity contribution < 1.29 is 19.1 Å². The van der Waals surface area contributed by atoms with Gasteiger partial charge in [0.1, 0.15) is 0 Å². The standard InChI is InChI=1S/C17H22O4/c1-4-8-13(2)11-12-20-17(19)16(21-14(3)18)15-9-6-5-7-10-15/h4-7,9-10,13,16H,1,8,11-12H2,2-3H3/t13-,16-/m0/s1. The molecule has 0 heterocycles. The van der Waals surface area contributed by atoms with Crippen LogP contribution in [-0.2, 0) is 19.1 Å². The molecule has 0 aliphatic heterocycles. The fourth-order valence-corrected chi connectivity index (χ4v) is 1.88. The van der Waals surface area contributed by atoms with Crippen molar-refractivity contribution in [2.75, 3.05) is 6.61 Å². The first kappa shape index (κ1) is 17.0. The molecule has 0 spiro atoms. The number of esters is 2. The summed E-state index contributed by atoms with van der Waals surface area (Å²) in [5.74, 6) is -0.651. The molecule has 4 nitrogen and oxygen atoms in total. The Kier molecular flexibility index (Phi) is 7.23. The van der Waals surface area contributed by atoms with E-state index < -0.39 is 18.0 Å². The van der Waals surface area contributed by atoms with Crippen molar-refractivity contribution in [2.24, 2.45) is 5.92 Å². The molecule has 0 saturated carbocycles. The van der Waals surface area contributed by atoms with Crippen LogP contribution in [-0.4, -0.2) is 18.5 Å². The summed E-state index contributed by atoms with van der Waals surface area (Å²) < 4.78 is 10.3. The van der Waals surface area contributed by atoms with Gasteiger partial charge in [-0.1, -0.05) is 43.3 Å². The lowest BCUT2D eigenvalue weighted by Gasteiger charge is -2.17. The van der Waals surface area contributed by atoms with Crippen LogP contribution in [0.5, 0.6) is 0 Å². The number of benzene rings is 1. The third-order valence-electron chi connectivity index (χ3n) is 3.02. The molecule has 21 heavy (non-hydrogen) atoms. The highest BCUT2D eigenvalue weighted by molar-refractivity contribution is 5.80. The minimum Gasteiger partial charge on any atom is -0.463 e. The molecule has 0 aliphatic carbocycles. The molecule has 1 rings (SSSR count). The Balaban J connectivity index is 2.60. The Bertz CT molecular complexity index is 467. The summed E-state index contributed by atoms with van der Waals surface area (Å²) in [6.45, 7) is 7.32. The average molecular weight is 290 g/mol. The Morgan fingerprint density at radius 1 is 1.29 bits per heavy atom. The maximum absolute atomic E-state index is 12.1. The van der Waals surface area contributed by atoms with Crippen molar-refractivity contribution in [3.63, 3.8) is 0 Å². The first-order valence-corrected chi connectivity index (χ1v) is 7.04. The van der Waals surface area contributed by atoms with Crippen LogP contribution in [0.25, 0.3) is 0 Å². The minimum absolute atomic E-state index is 0.304. The normalized spacial score (nSPS) is 13.0. The Hall–Kier alpha value is -2.10. The van der Waals surface area contributed by atoms with Gasteiger partial charge in [0.25, 0.3) is 0 Å². The van der Waals surface area contributed by atoms with E-state index in [9.17, 15) is 9.59 Å². The Labute approximate surface area is 125 Å². The van der Waals surface area contributed by atoms with Gasteiger partial charge in [0.15, 0.2) is 0 Å². The van der Waals surface area contributed by atoms with Crippen molar-refractivity contribution in [1.82, 2.24) is 0 Å². The summed E-state index contributed by atoms with van der Waals surface area (Å²) in [7, 11) is 0. The van der Waals surface area contributed by atoms with Crippen LogP contribution in [0.4, 0.5) is 0 Å². The quantitative estimate of drug-likeness (QED) is 0.543. The van der Waals surface area contributed by atoms with Gasteiger partial charge in [-0.25, -0.2) is 4.79 Å². The lowest BCUT2D eigenvalue weighted by Crippen LogP contribution is -2.21. The third-order valence-corrected chi connectivity index (χ3v) is 3.02. The second kappa shape index (κ2) is 8.95. The largest absolute Gasteiger partial charge is 0.463 e. The van der Waals surface area contributed by atoms with E-state index in [1.165, 1.54) is 6.92 Å². The zero-order chi connectivity index (χ0) is 15.7. The van der Waals surface area contributed by atoms with Crippen LogP contribution in [0.3, 0.4) is 0 Å². The highest BCUT2D eigenvalue weighted by Crippen LogP contribution is 2.19. The van der Waals surface area contributed by atoms with Crippen LogP contribution in [0, 0.1) is 5.92 Å². The van der Waals surface area contributed by atoms with Crippen molar-refractivity contribution in [1.29, 1.82) is 0 Å². The van der Waals surface area contributed by atoms with E-state index in [0.717, 1.165) is 12.8 Å². The van der Waals surface area contributed by atoms with Gasteiger partial charge in [-0.05, 0) is 18.8 Å². The number of carbonyl (C=O) groups excluding carboxylic acids is 2. The van der Waals surface area contributed by atoms with Crippen LogP contribution in [0.15, 0.2) is 43.0 Å². The molecule has 0 saturated heterocycles. The number of hydrogen-bond acceptors (Lipinski definition) is 4. The van der Waals surface area contributed by atoms with Gasteiger partial charge >= 0.3 is 11.9 Å². The molecule has 0 aromatic heterocycles. The molecule has 0 bridgehead atoms. The van der Waals surface area contributed by atoms with E-state index in [1.54, 1.807) is 24.3 Å². The number of hydrogen-bond donors (Lipinski definition) is 0. The van der Waals surface area contributed by atoms with Crippen molar-refractivity contribution in [3.05, 3.63) is 48.6 Å². The Morgan fingerprint density at radius 3 is 2.52 bits per heavy atom. The molecule has 1 aromatic carbocycles. The molecule has 114 valence electrons. The lowest BCUT2D eigenvalue weighted by atomic mass is 10.1. The van der Waals surface area contributed by atoms with E-state index in [-0.39, 0.29) is 0 Å². The van der Waals surface area contributed by atoms with Crippen LogP contribution < -0.4 is 0 Å². The zero-order valence-electron chi connectivity index (χ0n) is 12.6. The van der Waals surface area contributed by atoms with E-state index in [2.05, 4.69) is 13.5 Å². The number of rotatable bonds is 8. The zero-order valence-corrected chi connectivity index (χ0v) is 12.6. The highest BCUT2D eigenvalue weighted by atomic mass is 16.6. The third kappa shape index (κ3) is 6.25. The second-order valence-corrected chi connectivity index (χ2v) is 4.99. The smallest absolute Gasteiger partial charge is 0.352 e. The second-order valence-electron chi connectivity index (χ2n) is 4.99. The molecule has 0 aliphatic rings. The summed E-state index contributed by atoms with van der Waals surface area (Å²) in [5, 5.41) is 0. The van der Waals surface area contributed by atoms with Crippen LogP contribution in [0.1, 0.15) is 38.4 Å². The summed E-state index contributed by atoms with van der Waals surface area (Å²) in [5.41, 5.74) is 0.608. The molecular formula is C17H22O4. The summed E-state index contributed by atoms with van der Waals surface area (Å²) in [4.78, 5) is 23.3. The van der Waals surface area contributed by atoms with E-state index in [0.29, 0.717) is 18.1 Å². The summed E-state index contributed by atoms with van der Waals surface area (Å²) >= 11 is 0. The van der Waals surface area contributed by atoms with Gasteiger partial charge in [0.05, 0.1) is 6.61 Å². The van der Waals surface area contributed by atoms with Crippen LogP contribution in [0.2, 0.25) is 0 Å². The van der Waals surface area contributed by atoms with Gasteiger partial charge in [-0.2, -0.15) is 0 Å². The summed E-state index contributed by atoms with van der Waals surface area (Å²) in [6.07, 6.45) is 2.47. The predicted molar refractivity (Wildman–Crippen MR) is 80.5 cm³/mol. The monoisotopic (exact) mass is 290 g/mol. The van der Waals surface area contributed by atoms with E-state index in [4.69, 9.17) is 9.47 Å². The topological polar surface area (TPSA) is 52.6 Å². The number of ether oxygens (including phenoxy) is 2. The Morgan fingerprint density at radius 2 is 1.95 bits per heavy atom. The van der Waals surface area contributed by atoms with Gasteiger partial charge in [0, 0.05) is 12.5 Å². The molecule has 0 fully saturated rings.